The summed E-state index contributed by atoms with van der Waals surface area (Å²) in [4.78, 5) is 0. The molecule has 2 N–H and O–H groups in total. The van der Waals surface area contributed by atoms with Crippen molar-refractivity contribution in [1.29, 1.82) is 0 Å². The fraction of sp³-hybridized carbons (Fsp3) is 0. The molecule has 1 aromatic carbocycles. The Balaban J connectivity index is 1.97. The molecule has 0 aliphatic carbocycles. The van der Waals surface area contributed by atoms with E-state index in [-0.39, 0.29) is 0 Å². The van der Waals surface area contributed by atoms with Crippen molar-refractivity contribution in [3.8, 4) is 0 Å². The Morgan fingerprint density at radius 1 is 1.28 bits per heavy atom. The van der Waals surface area contributed by atoms with Crippen LogP contribution >= 0.6 is 11.3 Å². The van der Waals surface area contributed by atoms with Gasteiger partial charge in [0.15, 0.2) is 0 Å². The highest BCUT2D eigenvalue weighted by atomic mass is 32.2. The van der Waals surface area contributed by atoms with Crippen LogP contribution in [-0.4, -0.2) is 18.6 Å². The zero-order chi connectivity index (χ0) is 12.6. The summed E-state index contributed by atoms with van der Waals surface area (Å²) in [5, 5.41) is 9.35. The predicted molar refractivity (Wildman–Crippen MR) is 71.2 cm³/mol. The van der Waals surface area contributed by atoms with E-state index in [9.17, 15) is 8.42 Å². The molecule has 18 heavy (non-hydrogen) atoms. The second-order valence-electron chi connectivity index (χ2n) is 3.71. The van der Waals surface area contributed by atoms with Crippen LogP contribution in [0.3, 0.4) is 0 Å². The maximum atomic E-state index is 12.0. The number of nitrogens with zero attached hydrogens (tertiary/aromatic N) is 1. The summed E-state index contributed by atoms with van der Waals surface area (Å²) >= 11 is 1.18. The average Bonchev–Trinajstić information content (AvgIpc) is 2.99. The van der Waals surface area contributed by atoms with Gasteiger partial charge in [-0.15, -0.1) is 11.3 Å². The smallest absolute Gasteiger partial charge is 0.271 e. The van der Waals surface area contributed by atoms with Gasteiger partial charge in [0.05, 0.1) is 17.4 Å². The molecular weight excluding hydrogens is 270 g/mol. The molecule has 0 saturated carbocycles. The van der Waals surface area contributed by atoms with Crippen molar-refractivity contribution < 1.29 is 8.42 Å². The number of rotatable bonds is 3. The Bertz CT molecular complexity index is 776. The molecule has 0 amide bonds. The van der Waals surface area contributed by atoms with Gasteiger partial charge >= 0.3 is 0 Å². The Morgan fingerprint density at radius 2 is 2.17 bits per heavy atom. The molecule has 2 heterocycles. The number of thiophene rings is 1. The van der Waals surface area contributed by atoms with Crippen LogP contribution in [0.5, 0.6) is 0 Å². The van der Waals surface area contributed by atoms with Crippen LogP contribution in [0.15, 0.2) is 46.1 Å². The lowest BCUT2D eigenvalue weighted by Gasteiger charge is -2.05. The highest BCUT2D eigenvalue weighted by molar-refractivity contribution is 7.94. The molecule has 7 heteroatoms. The summed E-state index contributed by atoms with van der Waals surface area (Å²) in [5.41, 5.74) is 1.31. The number of aromatic nitrogens is 2. The number of aromatic amines is 1. The fourth-order valence-electron chi connectivity index (χ4n) is 1.62. The van der Waals surface area contributed by atoms with E-state index in [0.29, 0.717) is 9.90 Å². The van der Waals surface area contributed by atoms with Crippen molar-refractivity contribution in [2.24, 2.45) is 0 Å². The Morgan fingerprint density at radius 3 is 2.94 bits per heavy atom. The summed E-state index contributed by atoms with van der Waals surface area (Å²) in [5.74, 6) is 0. The average molecular weight is 279 g/mol. The van der Waals surface area contributed by atoms with Gasteiger partial charge in [-0.25, -0.2) is 8.42 Å². The third kappa shape index (κ3) is 1.98. The van der Waals surface area contributed by atoms with E-state index in [1.54, 1.807) is 35.8 Å². The lowest BCUT2D eigenvalue weighted by Crippen LogP contribution is -2.11. The molecule has 92 valence electrons. The molecule has 0 spiro atoms. The van der Waals surface area contributed by atoms with E-state index in [0.717, 1.165) is 10.9 Å². The predicted octanol–water partition coefficient (Wildman–Crippen LogP) is 2.43. The number of nitrogens with one attached hydrogen (secondary N) is 2. The van der Waals surface area contributed by atoms with E-state index in [1.165, 1.54) is 11.3 Å². The van der Waals surface area contributed by atoms with Gasteiger partial charge < -0.3 is 0 Å². The quantitative estimate of drug-likeness (QED) is 0.773. The number of benzene rings is 1. The summed E-state index contributed by atoms with van der Waals surface area (Å²) in [6.07, 6.45) is 1.69. The van der Waals surface area contributed by atoms with E-state index < -0.39 is 10.0 Å². The fourth-order valence-corrected chi connectivity index (χ4v) is 3.66. The largest absolute Gasteiger partial charge is 0.279 e. The SMILES string of the molecule is O=S(=O)(Nc1ccc2cn[nH]c2c1)c1cccs1. The number of anilines is 1. The molecule has 0 saturated heterocycles. The van der Waals surface area contributed by atoms with Crippen LogP contribution in [0.4, 0.5) is 5.69 Å². The topological polar surface area (TPSA) is 74.8 Å². The normalized spacial score (nSPS) is 11.8. The van der Waals surface area contributed by atoms with Crippen molar-refractivity contribution >= 4 is 38.0 Å². The first-order chi connectivity index (χ1) is 8.65. The lowest BCUT2D eigenvalue weighted by molar-refractivity contribution is 0.603. The van der Waals surface area contributed by atoms with Gasteiger partial charge in [0.25, 0.3) is 10.0 Å². The van der Waals surface area contributed by atoms with Crippen LogP contribution in [-0.2, 0) is 10.0 Å². The first-order valence-corrected chi connectivity index (χ1v) is 7.51. The minimum absolute atomic E-state index is 0.298. The van der Waals surface area contributed by atoms with E-state index in [2.05, 4.69) is 14.9 Å². The zero-order valence-electron chi connectivity index (χ0n) is 9.12. The van der Waals surface area contributed by atoms with Crippen LogP contribution in [0.25, 0.3) is 10.9 Å². The third-order valence-corrected chi connectivity index (χ3v) is 5.23. The molecular formula is C11H9N3O2S2. The molecule has 3 aromatic rings. The van der Waals surface area contributed by atoms with Gasteiger partial charge in [0.2, 0.25) is 0 Å². The van der Waals surface area contributed by atoms with E-state index >= 15 is 0 Å². The molecule has 5 nitrogen and oxygen atoms in total. The summed E-state index contributed by atoms with van der Waals surface area (Å²) in [7, 11) is -3.49. The molecule has 0 unspecified atom stereocenters. The Kier molecular flexibility index (Phi) is 2.57. The molecule has 0 aliphatic heterocycles. The molecule has 0 radical (unpaired) electrons. The maximum Gasteiger partial charge on any atom is 0.271 e. The van der Waals surface area contributed by atoms with Gasteiger partial charge in [-0.2, -0.15) is 5.10 Å². The van der Waals surface area contributed by atoms with Crippen LogP contribution in [0.2, 0.25) is 0 Å². The van der Waals surface area contributed by atoms with Gasteiger partial charge in [0, 0.05) is 5.39 Å². The first-order valence-electron chi connectivity index (χ1n) is 5.15. The number of hydrogen-bond donors (Lipinski definition) is 2. The monoisotopic (exact) mass is 279 g/mol. The minimum atomic E-state index is -3.49. The molecule has 0 atom stereocenters. The summed E-state index contributed by atoms with van der Waals surface area (Å²) in [6, 6.07) is 8.51. The standard InChI is InChI=1S/C11H9N3O2S2/c15-18(16,11-2-1-5-17-11)14-9-4-3-8-7-12-13-10(8)6-9/h1-7,14H,(H,12,13). The van der Waals surface area contributed by atoms with E-state index in [1.807, 2.05) is 6.07 Å². The Hall–Kier alpha value is -1.86. The third-order valence-electron chi connectivity index (χ3n) is 2.45. The van der Waals surface area contributed by atoms with Gasteiger partial charge in [-0.3, -0.25) is 9.82 Å². The number of H-pyrrole nitrogens is 1. The van der Waals surface area contributed by atoms with Crippen LogP contribution in [0.1, 0.15) is 0 Å². The first kappa shape index (κ1) is 11.2. The van der Waals surface area contributed by atoms with Gasteiger partial charge in [-0.1, -0.05) is 6.07 Å². The molecule has 0 bridgehead atoms. The maximum absolute atomic E-state index is 12.0. The minimum Gasteiger partial charge on any atom is -0.279 e. The second kappa shape index (κ2) is 4.11. The van der Waals surface area contributed by atoms with Gasteiger partial charge in [0.1, 0.15) is 4.21 Å². The van der Waals surface area contributed by atoms with Gasteiger partial charge in [-0.05, 0) is 29.6 Å². The number of hydrogen-bond acceptors (Lipinski definition) is 4. The number of fused-ring (bicyclic) bond motifs is 1. The second-order valence-corrected chi connectivity index (χ2v) is 6.57. The van der Waals surface area contributed by atoms with Crippen LogP contribution < -0.4 is 4.72 Å². The highest BCUT2D eigenvalue weighted by Gasteiger charge is 2.15. The molecule has 2 aromatic heterocycles. The number of sulfonamides is 1. The van der Waals surface area contributed by atoms with Crippen molar-refractivity contribution in [3.63, 3.8) is 0 Å². The lowest BCUT2D eigenvalue weighted by atomic mass is 10.2. The van der Waals surface area contributed by atoms with Crippen molar-refractivity contribution in [2.75, 3.05) is 4.72 Å². The zero-order valence-corrected chi connectivity index (χ0v) is 10.8. The van der Waals surface area contributed by atoms with E-state index in [4.69, 9.17) is 0 Å². The summed E-state index contributed by atoms with van der Waals surface area (Å²) < 4.78 is 26.9. The molecule has 0 fully saturated rings. The van der Waals surface area contributed by atoms with Crippen molar-refractivity contribution in [2.45, 2.75) is 4.21 Å². The van der Waals surface area contributed by atoms with Crippen LogP contribution in [0, 0.1) is 0 Å². The molecule has 3 rings (SSSR count). The highest BCUT2D eigenvalue weighted by Crippen LogP contribution is 2.22. The van der Waals surface area contributed by atoms with Crippen molar-refractivity contribution in [1.82, 2.24) is 10.2 Å². The summed E-state index contributed by atoms with van der Waals surface area (Å²) in [6.45, 7) is 0. The van der Waals surface area contributed by atoms with Crippen molar-refractivity contribution in [3.05, 3.63) is 41.9 Å². The molecule has 0 aliphatic rings. The Labute approximate surface area is 108 Å².